The van der Waals surface area contributed by atoms with Crippen molar-refractivity contribution in [1.82, 2.24) is 24.6 Å². The number of hydrogen-bond acceptors (Lipinski definition) is 7. The minimum atomic E-state index is 0.128. The average molecular weight is 513 g/mol. The molecule has 8 nitrogen and oxygen atoms in total. The maximum atomic E-state index is 13.0. The molecule has 0 spiro atoms. The second-order valence-corrected chi connectivity index (χ2v) is 9.97. The first-order chi connectivity index (χ1) is 17.2. The van der Waals surface area contributed by atoms with Crippen molar-refractivity contribution in [2.45, 2.75) is 11.7 Å². The molecule has 0 radical (unpaired) electrons. The molecule has 35 heavy (non-hydrogen) atoms. The Labute approximate surface area is 214 Å². The molecule has 1 amide bonds. The number of thioether (sulfide) groups is 1. The van der Waals surface area contributed by atoms with E-state index in [0.717, 1.165) is 64.0 Å². The van der Waals surface area contributed by atoms with Gasteiger partial charge in [-0.1, -0.05) is 41.6 Å². The number of halogens is 1. The summed E-state index contributed by atoms with van der Waals surface area (Å²) in [6.07, 6.45) is 0. The van der Waals surface area contributed by atoms with Crippen LogP contribution in [0.3, 0.4) is 0 Å². The number of carbonyl (C=O) groups is 1. The molecule has 184 valence electrons. The third kappa shape index (κ3) is 5.98. The molecule has 1 aromatic heterocycles. The Bertz CT molecular complexity index is 1110. The minimum Gasteiger partial charge on any atom is -0.379 e. The van der Waals surface area contributed by atoms with Gasteiger partial charge in [-0.2, -0.15) is 0 Å². The third-order valence-corrected chi connectivity index (χ3v) is 7.50. The number of carbonyl (C=O) groups excluding carboxylic acids is 1. The van der Waals surface area contributed by atoms with Crippen molar-refractivity contribution < 1.29 is 9.53 Å². The molecule has 0 N–H and O–H groups in total. The Hall–Kier alpha value is -2.59. The molecule has 3 heterocycles. The lowest BCUT2D eigenvalue weighted by atomic mass is 10.2. The van der Waals surface area contributed by atoms with Crippen molar-refractivity contribution in [2.24, 2.45) is 0 Å². The van der Waals surface area contributed by atoms with Crippen LogP contribution in [0, 0.1) is 0 Å². The fourth-order valence-electron chi connectivity index (χ4n) is 4.38. The van der Waals surface area contributed by atoms with Gasteiger partial charge in [-0.3, -0.25) is 14.3 Å². The first-order valence-electron chi connectivity index (χ1n) is 11.9. The van der Waals surface area contributed by atoms with Crippen molar-refractivity contribution in [3.8, 4) is 5.69 Å². The number of aromatic nitrogens is 3. The van der Waals surface area contributed by atoms with E-state index in [0.29, 0.717) is 22.5 Å². The molecule has 2 aliphatic heterocycles. The monoisotopic (exact) mass is 512 g/mol. The summed E-state index contributed by atoms with van der Waals surface area (Å²) in [7, 11) is 0. The standard InChI is InChI=1S/C25H29ClN6O2S/c26-20-6-8-22(9-7-20)32-23(18-29-14-16-34-17-15-29)27-28-25(32)35-19-24(33)31-12-10-30(11-13-31)21-4-2-1-3-5-21/h1-9H,10-19H2. The topological polar surface area (TPSA) is 66.7 Å². The zero-order chi connectivity index (χ0) is 24.0. The van der Waals surface area contributed by atoms with Crippen molar-refractivity contribution in [2.75, 3.05) is 63.1 Å². The van der Waals surface area contributed by atoms with Gasteiger partial charge in [-0.15, -0.1) is 10.2 Å². The van der Waals surface area contributed by atoms with E-state index in [2.05, 4.69) is 32.1 Å². The molecule has 0 unspecified atom stereocenters. The number of amides is 1. The molecular formula is C25H29ClN6O2S. The van der Waals surface area contributed by atoms with Gasteiger partial charge in [0.2, 0.25) is 5.91 Å². The van der Waals surface area contributed by atoms with Gasteiger partial charge in [-0.05, 0) is 36.4 Å². The normalized spacial score (nSPS) is 17.1. The van der Waals surface area contributed by atoms with Gasteiger partial charge in [0, 0.05) is 55.7 Å². The Morgan fingerprint density at radius 1 is 0.886 bits per heavy atom. The van der Waals surface area contributed by atoms with Gasteiger partial charge in [0.15, 0.2) is 11.0 Å². The fourth-order valence-corrected chi connectivity index (χ4v) is 5.38. The van der Waals surface area contributed by atoms with Crippen molar-refractivity contribution >= 4 is 35.0 Å². The number of para-hydroxylation sites is 1. The summed E-state index contributed by atoms with van der Waals surface area (Å²) in [4.78, 5) is 19.6. The summed E-state index contributed by atoms with van der Waals surface area (Å²) in [5, 5.41) is 10.3. The van der Waals surface area contributed by atoms with E-state index in [1.54, 1.807) is 0 Å². The van der Waals surface area contributed by atoms with Crippen LogP contribution in [0.2, 0.25) is 5.02 Å². The first kappa shape index (κ1) is 24.1. The zero-order valence-corrected chi connectivity index (χ0v) is 21.1. The van der Waals surface area contributed by atoms with Gasteiger partial charge >= 0.3 is 0 Å². The molecule has 10 heteroatoms. The van der Waals surface area contributed by atoms with Gasteiger partial charge in [0.1, 0.15) is 0 Å². The number of piperazine rings is 1. The van der Waals surface area contributed by atoms with Crippen molar-refractivity contribution in [1.29, 1.82) is 0 Å². The molecule has 2 saturated heterocycles. The van der Waals surface area contributed by atoms with E-state index in [4.69, 9.17) is 16.3 Å². The number of nitrogens with zero attached hydrogens (tertiary/aromatic N) is 6. The highest BCUT2D eigenvalue weighted by Gasteiger charge is 2.23. The maximum Gasteiger partial charge on any atom is 0.233 e. The average Bonchev–Trinajstić information content (AvgIpc) is 3.31. The maximum absolute atomic E-state index is 13.0. The van der Waals surface area contributed by atoms with Gasteiger partial charge in [0.25, 0.3) is 0 Å². The highest BCUT2D eigenvalue weighted by atomic mass is 35.5. The van der Waals surface area contributed by atoms with Gasteiger partial charge in [0.05, 0.1) is 25.5 Å². The Morgan fingerprint density at radius 3 is 2.31 bits per heavy atom. The van der Waals surface area contributed by atoms with Crippen molar-refractivity contribution in [3.05, 3.63) is 65.4 Å². The van der Waals surface area contributed by atoms with Crippen LogP contribution < -0.4 is 4.90 Å². The van der Waals surface area contributed by atoms with Crippen LogP contribution in [0.1, 0.15) is 5.82 Å². The molecule has 0 aliphatic carbocycles. The molecule has 2 aromatic carbocycles. The SMILES string of the molecule is O=C(CSc1nnc(CN2CCOCC2)n1-c1ccc(Cl)cc1)N1CCN(c2ccccc2)CC1. The van der Waals surface area contributed by atoms with Crippen LogP contribution in [-0.4, -0.2) is 88.7 Å². The van der Waals surface area contributed by atoms with Gasteiger partial charge in [-0.25, -0.2) is 0 Å². The number of rotatable bonds is 7. The van der Waals surface area contributed by atoms with Crippen LogP contribution in [0.4, 0.5) is 5.69 Å². The van der Waals surface area contributed by atoms with Crippen LogP contribution >= 0.6 is 23.4 Å². The van der Waals surface area contributed by atoms with E-state index >= 15 is 0 Å². The molecule has 0 bridgehead atoms. The summed E-state index contributed by atoms with van der Waals surface area (Å²) < 4.78 is 7.52. The summed E-state index contributed by atoms with van der Waals surface area (Å²) in [6.45, 7) is 6.98. The Balaban J connectivity index is 1.24. The van der Waals surface area contributed by atoms with Crippen LogP contribution in [-0.2, 0) is 16.1 Å². The molecule has 2 fully saturated rings. The fraction of sp³-hybridized carbons (Fsp3) is 0.400. The predicted molar refractivity (Wildman–Crippen MR) is 138 cm³/mol. The second-order valence-electron chi connectivity index (χ2n) is 8.59. The van der Waals surface area contributed by atoms with E-state index in [9.17, 15) is 4.79 Å². The summed E-state index contributed by atoms with van der Waals surface area (Å²) in [6, 6.07) is 18.0. The second kappa shape index (κ2) is 11.4. The van der Waals surface area contributed by atoms with E-state index in [1.807, 2.05) is 51.9 Å². The lowest BCUT2D eigenvalue weighted by molar-refractivity contribution is -0.128. The first-order valence-corrected chi connectivity index (χ1v) is 13.2. The van der Waals surface area contributed by atoms with Crippen LogP contribution in [0.5, 0.6) is 0 Å². The number of benzene rings is 2. The lowest BCUT2D eigenvalue weighted by Gasteiger charge is -2.36. The quantitative estimate of drug-likeness (QED) is 0.450. The lowest BCUT2D eigenvalue weighted by Crippen LogP contribution is -2.49. The molecular weight excluding hydrogens is 484 g/mol. The predicted octanol–water partition coefficient (Wildman–Crippen LogP) is 3.19. The summed E-state index contributed by atoms with van der Waals surface area (Å²) in [5.41, 5.74) is 2.15. The zero-order valence-electron chi connectivity index (χ0n) is 19.6. The van der Waals surface area contributed by atoms with Crippen molar-refractivity contribution in [3.63, 3.8) is 0 Å². The number of morpholine rings is 1. The van der Waals surface area contributed by atoms with Crippen LogP contribution in [0.15, 0.2) is 59.8 Å². The van der Waals surface area contributed by atoms with Gasteiger partial charge < -0.3 is 14.5 Å². The van der Waals surface area contributed by atoms with Crippen LogP contribution in [0.25, 0.3) is 5.69 Å². The summed E-state index contributed by atoms with van der Waals surface area (Å²) in [5.74, 6) is 1.30. The number of ether oxygens (including phenoxy) is 1. The minimum absolute atomic E-state index is 0.128. The van der Waals surface area contributed by atoms with E-state index < -0.39 is 0 Å². The molecule has 0 atom stereocenters. The highest BCUT2D eigenvalue weighted by Crippen LogP contribution is 2.25. The third-order valence-electron chi connectivity index (χ3n) is 6.33. The summed E-state index contributed by atoms with van der Waals surface area (Å²) >= 11 is 7.56. The largest absolute Gasteiger partial charge is 0.379 e. The molecule has 3 aromatic rings. The Morgan fingerprint density at radius 2 is 1.60 bits per heavy atom. The molecule has 5 rings (SSSR count). The number of anilines is 1. The highest BCUT2D eigenvalue weighted by molar-refractivity contribution is 7.99. The molecule has 0 saturated carbocycles. The smallest absolute Gasteiger partial charge is 0.233 e. The number of hydrogen-bond donors (Lipinski definition) is 0. The molecule has 2 aliphatic rings. The Kier molecular flexibility index (Phi) is 7.88. The van der Waals surface area contributed by atoms with E-state index in [-0.39, 0.29) is 5.91 Å². The van der Waals surface area contributed by atoms with E-state index in [1.165, 1.54) is 17.4 Å².